The number of hydrogen-bond donors (Lipinski definition) is 1. The molecule has 1 saturated heterocycles. The van der Waals surface area contributed by atoms with Crippen molar-refractivity contribution in [1.82, 2.24) is 4.90 Å². The molecule has 2 unspecified atom stereocenters. The molecule has 0 saturated carbocycles. The number of anilines is 1. The van der Waals surface area contributed by atoms with Gasteiger partial charge in [-0.05, 0) is 42.0 Å². The van der Waals surface area contributed by atoms with E-state index in [2.05, 4.69) is 40.7 Å². The van der Waals surface area contributed by atoms with Crippen LogP contribution >= 0.6 is 15.9 Å². The van der Waals surface area contributed by atoms with Crippen LogP contribution < -0.4 is 5.73 Å². The van der Waals surface area contributed by atoms with Crippen LogP contribution in [0.15, 0.2) is 22.7 Å². The summed E-state index contributed by atoms with van der Waals surface area (Å²) in [6, 6.07) is 6.06. The molecule has 2 rings (SSSR count). The Hall–Kier alpha value is -0.540. The van der Waals surface area contributed by atoms with Crippen LogP contribution in [0.3, 0.4) is 0 Å². The molecule has 3 heteroatoms. The first-order valence-electron chi connectivity index (χ1n) is 6.31. The molecule has 1 heterocycles. The molecule has 0 radical (unpaired) electrons. The van der Waals surface area contributed by atoms with Crippen LogP contribution in [0.5, 0.6) is 0 Å². The normalized spacial score (nSPS) is 26.1. The molecule has 1 aromatic carbocycles. The number of halogens is 1. The van der Waals surface area contributed by atoms with Crippen molar-refractivity contribution in [3.63, 3.8) is 0 Å². The van der Waals surface area contributed by atoms with Crippen molar-refractivity contribution in [3.8, 4) is 0 Å². The smallest absolute Gasteiger partial charge is 0.0318 e. The molecule has 1 aliphatic rings. The average Bonchev–Trinajstić information content (AvgIpc) is 2.22. The number of nitrogen functional groups attached to an aromatic ring is 1. The van der Waals surface area contributed by atoms with Gasteiger partial charge in [-0.25, -0.2) is 0 Å². The van der Waals surface area contributed by atoms with Gasteiger partial charge in [-0.15, -0.1) is 0 Å². The second-order valence-corrected chi connectivity index (χ2v) is 6.35. The second kappa shape index (κ2) is 5.40. The largest absolute Gasteiger partial charge is 0.399 e. The zero-order valence-corrected chi connectivity index (χ0v) is 12.2. The zero-order chi connectivity index (χ0) is 12.4. The highest BCUT2D eigenvalue weighted by Crippen LogP contribution is 2.26. The van der Waals surface area contributed by atoms with E-state index in [0.29, 0.717) is 0 Å². The molecule has 1 aliphatic heterocycles. The SMILES string of the molecule is CC1CC(C)CN(Cc2cc(N)ccc2Br)C1. The van der Waals surface area contributed by atoms with E-state index >= 15 is 0 Å². The number of nitrogens with zero attached hydrogens (tertiary/aromatic N) is 1. The maximum atomic E-state index is 5.85. The third-order valence-corrected chi connectivity index (χ3v) is 4.18. The van der Waals surface area contributed by atoms with Gasteiger partial charge in [0.2, 0.25) is 0 Å². The van der Waals surface area contributed by atoms with Gasteiger partial charge in [0, 0.05) is 29.8 Å². The Labute approximate surface area is 112 Å². The topological polar surface area (TPSA) is 29.3 Å². The summed E-state index contributed by atoms with van der Waals surface area (Å²) in [6.45, 7) is 8.09. The van der Waals surface area contributed by atoms with Gasteiger partial charge in [-0.1, -0.05) is 29.8 Å². The van der Waals surface area contributed by atoms with E-state index < -0.39 is 0 Å². The van der Waals surface area contributed by atoms with E-state index in [-0.39, 0.29) is 0 Å². The van der Waals surface area contributed by atoms with Gasteiger partial charge in [0.1, 0.15) is 0 Å². The summed E-state index contributed by atoms with van der Waals surface area (Å²) in [5.74, 6) is 1.61. The molecular weight excluding hydrogens is 276 g/mol. The maximum Gasteiger partial charge on any atom is 0.0318 e. The molecule has 0 amide bonds. The highest BCUT2D eigenvalue weighted by atomic mass is 79.9. The Kier molecular flexibility index (Phi) is 4.10. The van der Waals surface area contributed by atoms with E-state index in [4.69, 9.17) is 5.73 Å². The number of nitrogens with two attached hydrogens (primary N) is 1. The third kappa shape index (κ3) is 3.46. The molecule has 2 nitrogen and oxygen atoms in total. The summed E-state index contributed by atoms with van der Waals surface area (Å²) in [5, 5.41) is 0. The van der Waals surface area contributed by atoms with Crippen molar-refractivity contribution in [1.29, 1.82) is 0 Å². The van der Waals surface area contributed by atoms with E-state index in [1.807, 2.05) is 12.1 Å². The molecule has 1 fully saturated rings. The number of hydrogen-bond acceptors (Lipinski definition) is 2. The fraction of sp³-hybridized carbons (Fsp3) is 0.571. The minimum absolute atomic E-state index is 0.804. The van der Waals surface area contributed by atoms with Crippen molar-refractivity contribution in [2.45, 2.75) is 26.8 Å². The van der Waals surface area contributed by atoms with Crippen LogP contribution in [0, 0.1) is 11.8 Å². The number of likely N-dealkylation sites (tertiary alicyclic amines) is 1. The van der Waals surface area contributed by atoms with E-state index in [1.165, 1.54) is 25.1 Å². The molecule has 0 bridgehead atoms. The highest BCUT2D eigenvalue weighted by molar-refractivity contribution is 9.10. The van der Waals surface area contributed by atoms with Crippen LogP contribution in [0.25, 0.3) is 0 Å². The van der Waals surface area contributed by atoms with Crippen molar-refractivity contribution in [2.75, 3.05) is 18.8 Å². The fourth-order valence-corrected chi connectivity index (χ4v) is 3.25. The van der Waals surface area contributed by atoms with Gasteiger partial charge >= 0.3 is 0 Å². The second-order valence-electron chi connectivity index (χ2n) is 5.49. The summed E-state index contributed by atoms with van der Waals surface area (Å²) in [7, 11) is 0. The lowest BCUT2D eigenvalue weighted by Crippen LogP contribution is -2.38. The van der Waals surface area contributed by atoms with Crippen LogP contribution in [-0.4, -0.2) is 18.0 Å². The quantitative estimate of drug-likeness (QED) is 0.846. The van der Waals surface area contributed by atoms with Gasteiger partial charge in [0.05, 0.1) is 0 Å². The highest BCUT2D eigenvalue weighted by Gasteiger charge is 2.22. The average molecular weight is 297 g/mol. The minimum Gasteiger partial charge on any atom is -0.399 e. The molecule has 94 valence electrons. The summed E-state index contributed by atoms with van der Waals surface area (Å²) < 4.78 is 1.16. The Morgan fingerprint density at radius 3 is 2.59 bits per heavy atom. The summed E-state index contributed by atoms with van der Waals surface area (Å²) in [5.41, 5.74) is 7.99. The summed E-state index contributed by atoms with van der Waals surface area (Å²) in [4.78, 5) is 2.54. The first kappa shape index (κ1) is 12.9. The van der Waals surface area contributed by atoms with Gasteiger partial charge in [-0.3, -0.25) is 4.90 Å². The van der Waals surface area contributed by atoms with Crippen molar-refractivity contribution < 1.29 is 0 Å². The van der Waals surface area contributed by atoms with Gasteiger partial charge < -0.3 is 5.73 Å². The van der Waals surface area contributed by atoms with Gasteiger partial charge in [-0.2, -0.15) is 0 Å². The Morgan fingerprint density at radius 1 is 1.29 bits per heavy atom. The van der Waals surface area contributed by atoms with Gasteiger partial charge in [0.15, 0.2) is 0 Å². The summed E-state index contributed by atoms with van der Waals surface area (Å²) >= 11 is 3.61. The lowest BCUT2D eigenvalue weighted by molar-refractivity contribution is 0.134. The number of benzene rings is 1. The lowest BCUT2D eigenvalue weighted by Gasteiger charge is -2.35. The first-order chi connectivity index (χ1) is 8.04. The van der Waals surface area contributed by atoms with Crippen LogP contribution in [0.2, 0.25) is 0 Å². The van der Waals surface area contributed by atoms with E-state index in [9.17, 15) is 0 Å². The standard InChI is InChI=1S/C14H21BrN2/c1-10-5-11(2)8-17(7-10)9-12-6-13(16)3-4-14(12)15/h3-4,6,10-11H,5,7-9,16H2,1-2H3. The number of rotatable bonds is 2. The van der Waals surface area contributed by atoms with Crippen LogP contribution in [-0.2, 0) is 6.54 Å². The molecule has 17 heavy (non-hydrogen) atoms. The first-order valence-corrected chi connectivity index (χ1v) is 7.10. The molecule has 0 aromatic heterocycles. The molecule has 2 N–H and O–H groups in total. The minimum atomic E-state index is 0.804. The van der Waals surface area contributed by atoms with Crippen molar-refractivity contribution in [3.05, 3.63) is 28.2 Å². The van der Waals surface area contributed by atoms with Crippen LogP contribution in [0.4, 0.5) is 5.69 Å². The molecule has 0 aliphatic carbocycles. The monoisotopic (exact) mass is 296 g/mol. The van der Waals surface area contributed by atoms with E-state index in [0.717, 1.165) is 28.5 Å². The third-order valence-electron chi connectivity index (χ3n) is 3.41. The molecule has 0 spiro atoms. The maximum absolute atomic E-state index is 5.85. The van der Waals surface area contributed by atoms with E-state index in [1.54, 1.807) is 0 Å². The molecule has 1 aromatic rings. The Bertz CT molecular complexity index is 382. The van der Waals surface area contributed by atoms with Crippen molar-refractivity contribution >= 4 is 21.6 Å². The van der Waals surface area contributed by atoms with Crippen molar-refractivity contribution in [2.24, 2.45) is 11.8 Å². The fourth-order valence-electron chi connectivity index (χ4n) is 2.88. The summed E-state index contributed by atoms with van der Waals surface area (Å²) in [6.07, 6.45) is 1.36. The van der Waals surface area contributed by atoms with Gasteiger partial charge in [0.25, 0.3) is 0 Å². The zero-order valence-electron chi connectivity index (χ0n) is 10.6. The lowest BCUT2D eigenvalue weighted by atomic mass is 9.91. The molecule has 2 atom stereocenters. The number of piperidine rings is 1. The predicted octanol–water partition coefficient (Wildman–Crippen LogP) is 3.51. The molecular formula is C14H21BrN2. The van der Waals surface area contributed by atoms with Crippen LogP contribution in [0.1, 0.15) is 25.8 Å². The Morgan fingerprint density at radius 2 is 1.94 bits per heavy atom. The Balaban J connectivity index is 2.07. The predicted molar refractivity (Wildman–Crippen MR) is 76.8 cm³/mol.